The van der Waals surface area contributed by atoms with Crippen molar-refractivity contribution < 1.29 is 23.8 Å². The Hall–Kier alpha value is -4.20. The van der Waals surface area contributed by atoms with Crippen molar-refractivity contribution in [2.24, 2.45) is 0 Å². The molecule has 0 saturated carbocycles. The molecule has 4 aromatic rings. The van der Waals surface area contributed by atoms with Crippen LogP contribution < -0.4 is 10.2 Å². The summed E-state index contributed by atoms with van der Waals surface area (Å²) < 4.78 is 12.2. The largest absolute Gasteiger partial charge is 0.507 e. The van der Waals surface area contributed by atoms with Crippen molar-refractivity contribution in [3.8, 4) is 16.9 Å². The maximum absolute atomic E-state index is 12.5. The van der Waals surface area contributed by atoms with Gasteiger partial charge in [-0.1, -0.05) is 6.07 Å². The quantitative estimate of drug-likeness (QED) is 0.270. The number of hydrogen-bond donors (Lipinski definition) is 2. The molecule has 4 rings (SSSR count). The van der Waals surface area contributed by atoms with Crippen LogP contribution in [0.25, 0.3) is 22.0 Å². The molecule has 0 radical (unpaired) electrons. The molecule has 2 heterocycles. The number of furan rings is 1. The van der Waals surface area contributed by atoms with Gasteiger partial charge in [0.2, 0.25) is 0 Å². The minimum atomic E-state index is -0.380. The molecule has 0 aliphatic rings. The molecule has 0 saturated heterocycles. The number of carbonyl (C=O) groups excluding carboxylic acids is 2. The lowest BCUT2D eigenvalue weighted by Gasteiger charge is -2.14. The summed E-state index contributed by atoms with van der Waals surface area (Å²) >= 11 is 0. The first-order valence-corrected chi connectivity index (χ1v) is 11.4. The molecule has 2 N–H and O–H groups in total. The van der Waals surface area contributed by atoms with Crippen molar-refractivity contribution in [2.45, 2.75) is 19.4 Å². The van der Waals surface area contributed by atoms with E-state index in [1.807, 2.05) is 37.2 Å². The molecular weight excluding hydrogens is 446 g/mol. The number of nitrogens with zero attached hydrogens (tertiary/aromatic N) is 2. The van der Waals surface area contributed by atoms with Crippen molar-refractivity contribution in [1.82, 2.24) is 9.88 Å². The molecule has 182 valence electrons. The van der Waals surface area contributed by atoms with E-state index in [1.54, 1.807) is 36.8 Å². The molecular formula is C27H29N3O5. The molecule has 0 unspecified atom stereocenters. The van der Waals surface area contributed by atoms with E-state index in [-0.39, 0.29) is 23.2 Å². The highest BCUT2D eigenvalue weighted by Gasteiger charge is 2.15. The number of anilines is 1. The van der Waals surface area contributed by atoms with Gasteiger partial charge < -0.3 is 29.0 Å². The molecule has 2 aromatic heterocycles. The van der Waals surface area contributed by atoms with E-state index in [0.29, 0.717) is 18.7 Å². The molecule has 8 nitrogen and oxygen atoms in total. The zero-order chi connectivity index (χ0) is 24.9. The van der Waals surface area contributed by atoms with Crippen LogP contribution in [-0.2, 0) is 11.3 Å². The molecule has 1 amide bonds. The number of rotatable bonds is 9. The number of unbranched alkanes of at least 4 members (excludes halogenated alkanes) is 1. The van der Waals surface area contributed by atoms with Crippen molar-refractivity contribution in [2.75, 3.05) is 32.6 Å². The zero-order valence-electron chi connectivity index (χ0n) is 20.1. The first kappa shape index (κ1) is 23.9. The van der Waals surface area contributed by atoms with E-state index in [2.05, 4.69) is 16.1 Å². The van der Waals surface area contributed by atoms with Crippen LogP contribution in [0.3, 0.4) is 0 Å². The van der Waals surface area contributed by atoms with Crippen LogP contribution in [-0.4, -0.2) is 49.3 Å². The number of ether oxygens (including phenoxy) is 1. The Morgan fingerprint density at radius 1 is 1.11 bits per heavy atom. The summed E-state index contributed by atoms with van der Waals surface area (Å²) in [5, 5.41) is 14.1. The maximum atomic E-state index is 12.5. The number of amides is 1. The average Bonchev–Trinajstić information content (AvgIpc) is 3.51. The Morgan fingerprint density at radius 2 is 1.94 bits per heavy atom. The third kappa shape index (κ3) is 5.16. The van der Waals surface area contributed by atoms with Crippen LogP contribution >= 0.6 is 0 Å². The van der Waals surface area contributed by atoms with Gasteiger partial charge in [0.15, 0.2) is 0 Å². The van der Waals surface area contributed by atoms with Gasteiger partial charge in [-0.05, 0) is 43.2 Å². The van der Waals surface area contributed by atoms with E-state index in [4.69, 9.17) is 9.15 Å². The predicted octanol–water partition coefficient (Wildman–Crippen LogP) is 4.67. The second-order valence-corrected chi connectivity index (χ2v) is 8.53. The maximum Gasteiger partial charge on any atom is 0.337 e. The molecule has 0 spiro atoms. The van der Waals surface area contributed by atoms with Gasteiger partial charge in [-0.3, -0.25) is 4.79 Å². The lowest BCUT2D eigenvalue weighted by molar-refractivity contribution is 0.0600. The fraction of sp³-hybridized carbons (Fsp3) is 0.259. The minimum absolute atomic E-state index is 0.0410. The number of aryl methyl sites for hydroxylation is 1. The summed E-state index contributed by atoms with van der Waals surface area (Å²) in [6, 6.07) is 12.4. The van der Waals surface area contributed by atoms with Gasteiger partial charge in [0.1, 0.15) is 5.75 Å². The lowest BCUT2D eigenvalue weighted by atomic mass is 10.1. The molecule has 2 aromatic carbocycles. The van der Waals surface area contributed by atoms with Gasteiger partial charge in [0, 0.05) is 67.2 Å². The Bertz CT molecular complexity index is 1340. The minimum Gasteiger partial charge on any atom is -0.507 e. The fourth-order valence-corrected chi connectivity index (χ4v) is 4.06. The predicted molar refractivity (Wildman–Crippen MR) is 135 cm³/mol. The van der Waals surface area contributed by atoms with Crippen LogP contribution in [0.1, 0.15) is 33.6 Å². The first-order chi connectivity index (χ1) is 16.9. The molecule has 8 heteroatoms. The number of esters is 1. The zero-order valence-corrected chi connectivity index (χ0v) is 20.1. The molecule has 0 aliphatic heterocycles. The average molecular weight is 476 g/mol. The topological polar surface area (TPSA) is 96.9 Å². The summed E-state index contributed by atoms with van der Waals surface area (Å²) in [6.45, 7) is 1.19. The molecule has 0 bridgehead atoms. The van der Waals surface area contributed by atoms with E-state index < -0.39 is 0 Å². The van der Waals surface area contributed by atoms with E-state index in [9.17, 15) is 14.7 Å². The number of nitrogens with one attached hydrogen (secondary N) is 1. The van der Waals surface area contributed by atoms with Gasteiger partial charge >= 0.3 is 5.97 Å². The number of aromatic hydroxyl groups is 1. The van der Waals surface area contributed by atoms with Gasteiger partial charge in [-0.2, -0.15) is 0 Å². The number of phenols is 1. The second kappa shape index (κ2) is 10.4. The summed E-state index contributed by atoms with van der Waals surface area (Å²) in [4.78, 5) is 26.4. The fourth-order valence-electron chi connectivity index (χ4n) is 4.06. The molecule has 35 heavy (non-hydrogen) atoms. The highest BCUT2D eigenvalue weighted by molar-refractivity contribution is 6.00. The third-order valence-corrected chi connectivity index (χ3v) is 5.99. The number of aromatic nitrogens is 1. The Kier molecular flexibility index (Phi) is 7.10. The van der Waals surface area contributed by atoms with Crippen LogP contribution in [0.2, 0.25) is 0 Å². The number of fused-ring (bicyclic) bond motifs is 1. The molecule has 0 fully saturated rings. The van der Waals surface area contributed by atoms with Gasteiger partial charge in [-0.25, -0.2) is 4.79 Å². The van der Waals surface area contributed by atoms with Gasteiger partial charge in [-0.15, -0.1) is 0 Å². The van der Waals surface area contributed by atoms with Crippen LogP contribution in [0, 0.1) is 0 Å². The normalized spacial score (nSPS) is 10.9. The third-order valence-electron chi connectivity index (χ3n) is 5.99. The van der Waals surface area contributed by atoms with Crippen LogP contribution in [0.15, 0.2) is 65.6 Å². The highest BCUT2D eigenvalue weighted by Crippen LogP contribution is 2.32. The Balaban J connectivity index is 1.41. The number of phenolic OH excluding ortho intramolecular Hbond substituents is 1. The van der Waals surface area contributed by atoms with E-state index in [0.717, 1.165) is 40.6 Å². The standard InChI is InChI=1S/C27H29N3O5/c1-29(2)20-7-9-22(25(31)15-20)26(32)28-11-4-5-12-30-16-23(19-10-13-35-17-19)21-8-6-18(14-24(21)30)27(33)34-3/h6-10,13-17,31H,4-5,11-12H2,1-3H3,(H,28,32). The number of benzene rings is 2. The van der Waals surface area contributed by atoms with Gasteiger partial charge in [0.25, 0.3) is 5.91 Å². The second-order valence-electron chi connectivity index (χ2n) is 8.53. The van der Waals surface area contributed by atoms with Crippen LogP contribution in [0.4, 0.5) is 5.69 Å². The Morgan fingerprint density at radius 3 is 2.63 bits per heavy atom. The highest BCUT2D eigenvalue weighted by atomic mass is 16.5. The number of carbonyl (C=O) groups is 2. The van der Waals surface area contributed by atoms with Gasteiger partial charge in [0.05, 0.1) is 30.8 Å². The van der Waals surface area contributed by atoms with E-state index in [1.165, 1.54) is 7.11 Å². The summed E-state index contributed by atoms with van der Waals surface area (Å²) in [7, 11) is 5.11. The summed E-state index contributed by atoms with van der Waals surface area (Å²) in [6.07, 6.45) is 6.95. The van der Waals surface area contributed by atoms with Crippen LogP contribution in [0.5, 0.6) is 5.75 Å². The molecule has 0 atom stereocenters. The van der Waals surface area contributed by atoms with Crippen molar-refractivity contribution in [3.63, 3.8) is 0 Å². The summed E-state index contributed by atoms with van der Waals surface area (Å²) in [5.41, 5.74) is 4.49. The first-order valence-electron chi connectivity index (χ1n) is 11.4. The van der Waals surface area contributed by atoms with Crippen molar-refractivity contribution in [1.29, 1.82) is 0 Å². The van der Waals surface area contributed by atoms with E-state index >= 15 is 0 Å². The Labute approximate surface area is 203 Å². The van der Waals surface area contributed by atoms with Crippen molar-refractivity contribution in [3.05, 3.63) is 72.3 Å². The molecule has 0 aliphatic carbocycles. The SMILES string of the molecule is COC(=O)c1ccc2c(-c3ccoc3)cn(CCCCNC(=O)c3ccc(N(C)C)cc3O)c2c1. The number of methoxy groups -OCH3 is 1. The smallest absolute Gasteiger partial charge is 0.337 e. The van der Waals surface area contributed by atoms with Crippen molar-refractivity contribution >= 4 is 28.5 Å². The monoisotopic (exact) mass is 475 g/mol. The number of hydrogen-bond acceptors (Lipinski definition) is 6. The lowest BCUT2D eigenvalue weighted by Crippen LogP contribution is -2.24. The summed E-state index contributed by atoms with van der Waals surface area (Å²) in [5.74, 6) is -0.723.